The number of carbonyl (C=O) groups excluding carboxylic acids is 4. The predicted molar refractivity (Wildman–Crippen MR) is 120 cm³/mol. The third-order valence-corrected chi connectivity index (χ3v) is 5.35. The average molecular weight is 427 g/mol. The molecule has 7 nitrogen and oxygen atoms in total. The molecule has 0 spiro atoms. The first-order valence-electron chi connectivity index (χ1n) is 10.1. The van der Waals surface area contributed by atoms with Crippen molar-refractivity contribution in [3.05, 3.63) is 96.1 Å². The maximum absolute atomic E-state index is 13.2. The highest BCUT2D eigenvalue weighted by molar-refractivity contribution is 6.23. The van der Waals surface area contributed by atoms with E-state index in [4.69, 9.17) is 0 Å². The van der Waals surface area contributed by atoms with E-state index in [1.807, 2.05) is 18.2 Å². The van der Waals surface area contributed by atoms with Crippen LogP contribution in [0.4, 0.5) is 11.4 Å². The molecule has 0 atom stereocenters. The molecule has 3 aromatic carbocycles. The van der Waals surface area contributed by atoms with Gasteiger partial charge in [-0.25, -0.2) is 0 Å². The highest BCUT2D eigenvalue weighted by atomic mass is 16.2. The fourth-order valence-corrected chi connectivity index (χ4v) is 3.57. The molecule has 0 aliphatic carbocycles. The van der Waals surface area contributed by atoms with Crippen molar-refractivity contribution >= 4 is 35.0 Å². The Labute approximate surface area is 185 Å². The molecule has 1 heterocycles. The van der Waals surface area contributed by atoms with Crippen LogP contribution in [-0.4, -0.2) is 48.7 Å². The van der Waals surface area contributed by atoms with Crippen molar-refractivity contribution in [1.29, 1.82) is 0 Å². The molecular formula is C25H21N3O4. The van der Waals surface area contributed by atoms with Crippen LogP contribution < -0.4 is 9.80 Å². The summed E-state index contributed by atoms with van der Waals surface area (Å²) in [7, 11) is 1.63. The van der Waals surface area contributed by atoms with E-state index < -0.39 is 24.3 Å². The van der Waals surface area contributed by atoms with Crippen molar-refractivity contribution < 1.29 is 19.2 Å². The highest BCUT2D eigenvalue weighted by Gasteiger charge is 2.37. The van der Waals surface area contributed by atoms with Crippen molar-refractivity contribution in [3.63, 3.8) is 0 Å². The number of nitrogens with zero attached hydrogens (tertiary/aromatic N) is 3. The SMILES string of the molecule is CN(C(=O)CN(C(=O)CN1C(=O)c2ccccc2C1=O)c1ccccc1)c1ccccc1. The van der Waals surface area contributed by atoms with Gasteiger partial charge in [-0.1, -0.05) is 48.5 Å². The molecule has 4 amide bonds. The molecule has 0 fully saturated rings. The highest BCUT2D eigenvalue weighted by Crippen LogP contribution is 2.23. The van der Waals surface area contributed by atoms with Gasteiger partial charge in [0, 0.05) is 18.4 Å². The first kappa shape index (κ1) is 21.0. The van der Waals surface area contributed by atoms with Gasteiger partial charge in [-0.05, 0) is 36.4 Å². The molecule has 7 heteroatoms. The number of para-hydroxylation sites is 2. The minimum atomic E-state index is -0.527. The minimum Gasteiger partial charge on any atom is -0.314 e. The maximum atomic E-state index is 13.2. The third-order valence-electron chi connectivity index (χ3n) is 5.35. The van der Waals surface area contributed by atoms with Crippen molar-refractivity contribution in [1.82, 2.24) is 4.90 Å². The number of imide groups is 1. The first-order chi connectivity index (χ1) is 15.5. The van der Waals surface area contributed by atoms with Gasteiger partial charge in [-0.3, -0.25) is 24.1 Å². The van der Waals surface area contributed by atoms with E-state index in [-0.39, 0.29) is 23.6 Å². The lowest BCUT2D eigenvalue weighted by Gasteiger charge is -2.27. The molecule has 0 N–H and O–H groups in total. The van der Waals surface area contributed by atoms with Crippen LogP contribution in [-0.2, 0) is 9.59 Å². The summed E-state index contributed by atoms with van der Waals surface area (Å²) in [5.74, 6) is -1.87. The summed E-state index contributed by atoms with van der Waals surface area (Å²) in [5.41, 5.74) is 1.75. The molecule has 0 saturated heterocycles. The van der Waals surface area contributed by atoms with Crippen LogP contribution in [0.25, 0.3) is 0 Å². The van der Waals surface area contributed by atoms with E-state index in [1.54, 1.807) is 73.8 Å². The second-order valence-electron chi connectivity index (χ2n) is 7.35. The largest absolute Gasteiger partial charge is 0.314 e. The van der Waals surface area contributed by atoms with Gasteiger partial charge < -0.3 is 9.80 Å². The van der Waals surface area contributed by atoms with Gasteiger partial charge >= 0.3 is 0 Å². The Morgan fingerprint density at radius 3 is 1.69 bits per heavy atom. The van der Waals surface area contributed by atoms with E-state index in [9.17, 15) is 19.2 Å². The Bertz CT molecular complexity index is 1140. The van der Waals surface area contributed by atoms with Crippen LogP contribution in [0.2, 0.25) is 0 Å². The third kappa shape index (κ3) is 4.00. The van der Waals surface area contributed by atoms with E-state index in [1.165, 1.54) is 9.80 Å². The standard InChI is InChI=1S/C25H21N3O4/c1-26(18-10-4-2-5-11-18)22(29)16-27(19-12-6-3-7-13-19)23(30)17-28-24(31)20-14-8-9-15-21(20)25(28)32/h2-15H,16-17H2,1H3. The molecular weight excluding hydrogens is 406 g/mol. The van der Waals surface area contributed by atoms with E-state index in [0.29, 0.717) is 11.4 Å². The molecule has 0 unspecified atom stereocenters. The normalized spacial score (nSPS) is 12.5. The predicted octanol–water partition coefficient (Wildman–Crippen LogP) is 2.98. The van der Waals surface area contributed by atoms with Gasteiger partial charge in [0.25, 0.3) is 11.8 Å². The van der Waals surface area contributed by atoms with Crippen LogP contribution in [0, 0.1) is 0 Å². The summed E-state index contributed by atoms with van der Waals surface area (Å²) in [6, 6.07) is 24.3. The van der Waals surface area contributed by atoms with Gasteiger partial charge in [0.05, 0.1) is 11.1 Å². The zero-order valence-corrected chi connectivity index (χ0v) is 17.5. The summed E-state index contributed by atoms with van der Waals surface area (Å²) >= 11 is 0. The number of amides is 4. The van der Waals surface area contributed by atoms with E-state index in [2.05, 4.69) is 0 Å². The van der Waals surface area contributed by atoms with Crippen LogP contribution in [0.3, 0.4) is 0 Å². The molecule has 0 saturated carbocycles. The van der Waals surface area contributed by atoms with Crippen molar-refractivity contribution in [2.75, 3.05) is 29.9 Å². The Hall–Kier alpha value is -4.26. The van der Waals surface area contributed by atoms with Crippen LogP contribution in [0.1, 0.15) is 20.7 Å². The second kappa shape index (κ2) is 8.85. The second-order valence-corrected chi connectivity index (χ2v) is 7.35. The zero-order valence-electron chi connectivity index (χ0n) is 17.5. The number of hydrogen-bond acceptors (Lipinski definition) is 4. The van der Waals surface area contributed by atoms with Gasteiger partial charge in [0.2, 0.25) is 11.8 Å². The molecule has 0 radical (unpaired) electrons. The van der Waals surface area contributed by atoms with Crippen LogP contribution in [0.15, 0.2) is 84.9 Å². The van der Waals surface area contributed by atoms with Crippen molar-refractivity contribution in [2.45, 2.75) is 0 Å². The molecule has 32 heavy (non-hydrogen) atoms. The summed E-state index contributed by atoms with van der Waals surface area (Å²) in [5, 5.41) is 0. The molecule has 4 rings (SSSR count). The first-order valence-corrected chi connectivity index (χ1v) is 10.1. The number of likely N-dealkylation sites (N-methyl/N-ethyl adjacent to an activating group) is 1. The molecule has 160 valence electrons. The molecule has 3 aromatic rings. The number of rotatable bonds is 6. The van der Waals surface area contributed by atoms with Gasteiger partial charge in [-0.2, -0.15) is 0 Å². The lowest BCUT2D eigenvalue weighted by molar-refractivity contribution is -0.122. The van der Waals surface area contributed by atoms with Gasteiger partial charge in [0.1, 0.15) is 13.1 Å². The Balaban J connectivity index is 1.56. The summed E-state index contributed by atoms with van der Waals surface area (Å²) in [6.07, 6.45) is 0. The Morgan fingerprint density at radius 2 is 1.16 bits per heavy atom. The van der Waals surface area contributed by atoms with Crippen molar-refractivity contribution in [3.8, 4) is 0 Å². The number of benzene rings is 3. The van der Waals surface area contributed by atoms with Gasteiger partial charge in [-0.15, -0.1) is 0 Å². The topological polar surface area (TPSA) is 78.0 Å². The monoisotopic (exact) mass is 427 g/mol. The lowest BCUT2D eigenvalue weighted by Crippen LogP contribution is -2.47. The summed E-state index contributed by atoms with van der Waals surface area (Å²) in [4.78, 5) is 55.2. The van der Waals surface area contributed by atoms with Crippen molar-refractivity contribution in [2.24, 2.45) is 0 Å². The quantitative estimate of drug-likeness (QED) is 0.567. The number of hydrogen-bond donors (Lipinski definition) is 0. The molecule has 1 aliphatic rings. The van der Waals surface area contributed by atoms with E-state index in [0.717, 1.165) is 4.90 Å². The van der Waals surface area contributed by atoms with Crippen LogP contribution >= 0.6 is 0 Å². The number of anilines is 2. The molecule has 0 bridgehead atoms. The number of carbonyl (C=O) groups is 4. The zero-order chi connectivity index (χ0) is 22.7. The summed E-state index contributed by atoms with van der Waals surface area (Å²) in [6.45, 7) is -0.693. The van der Waals surface area contributed by atoms with Crippen LogP contribution in [0.5, 0.6) is 0 Å². The lowest BCUT2D eigenvalue weighted by atomic mass is 10.1. The smallest absolute Gasteiger partial charge is 0.262 e. The maximum Gasteiger partial charge on any atom is 0.262 e. The number of fused-ring (bicyclic) bond motifs is 1. The fraction of sp³-hybridized carbons (Fsp3) is 0.120. The average Bonchev–Trinajstić information content (AvgIpc) is 3.08. The Kier molecular flexibility index (Phi) is 5.81. The fourth-order valence-electron chi connectivity index (χ4n) is 3.57. The van der Waals surface area contributed by atoms with Gasteiger partial charge in [0.15, 0.2) is 0 Å². The minimum absolute atomic E-state index is 0.239. The molecule has 0 aromatic heterocycles. The molecule has 1 aliphatic heterocycles. The Morgan fingerprint density at radius 1 is 0.688 bits per heavy atom. The summed E-state index contributed by atoms with van der Waals surface area (Å²) < 4.78 is 0. The van der Waals surface area contributed by atoms with E-state index >= 15 is 0 Å².